The highest BCUT2D eigenvalue weighted by molar-refractivity contribution is 7.11. The molecule has 0 unspecified atom stereocenters. The molecular formula is C15H16N4S. The first-order valence-electron chi connectivity index (χ1n) is 6.60. The molecule has 3 aromatic rings. The molecule has 0 aliphatic carbocycles. The van der Waals surface area contributed by atoms with Gasteiger partial charge in [-0.05, 0) is 26.0 Å². The highest BCUT2D eigenvalue weighted by Crippen LogP contribution is 2.20. The molecule has 4 nitrogen and oxygen atoms in total. The van der Waals surface area contributed by atoms with Crippen LogP contribution in [0.15, 0.2) is 30.6 Å². The van der Waals surface area contributed by atoms with Crippen LogP contribution in [-0.4, -0.2) is 21.5 Å². The summed E-state index contributed by atoms with van der Waals surface area (Å²) < 4.78 is 0. The number of pyridine rings is 2. The molecular weight excluding hydrogens is 268 g/mol. The molecule has 0 aliphatic rings. The summed E-state index contributed by atoms with van der Waals surface area (Å²) in [6, 6.07) is 5.96. The van der Waals surface area contributed by atoms with E-state index in [-0.39, 0.29) is 0 Å². The lowest BCUT2D eigenvalue weighted by molar-refractivity contribution is 1.00. The van der Waals surface area contributed by atoms with Crippen molar-refractivity contribution in [2.45, 2.75) is 20.3 Å². The number of hydrogen-bond donors (Lipinski definition) is 1. The second-order valence-electron chi connectivity index (χ2n) is 4.65. The fraction of sp³-hybridized carbons (Fsp3) is 0.267. The topological polar surface area (TPSA) is 50.7 Å². The van der Waals surface area contributed by atoms with Gasteiger partial charge in [0.05, 0.1) is 10.7 Å². The smallest absolute Gasteiger partial charge is 0.152 e. The zero-order chi connectivity index (χ0) is 13.9. The van der Waals surface area contributed by atoms with Crippen LogP contribution in [0.3, 0.4) is 0 Å². The van der Waals surface area contributed by atoms with Crippen molar-refractivity contribution in [3.63, 3.8) is 0 Å². The van der Waals surface area contributed by atoms with Gasteiger partial charge in [0.2, 0.25) is 0 Å². The highest BCUT2D eigenvalue weighted by Gasteiger charge is 2.06. The van der Waals surface area contributed by atoms with Gasteiger partial charge >= 0.3 is 0 Å². The third kappa shape index (κ3) is 2.63. The van der Waals surface area contributed by atoms with E-state index in [9.17, 15) is 0 Å². The van der Waals surface area contributed by atoms with Gasteiger partial charge in [-0.3, -0.25) is 4.98 Å². The molecule has 3 rings (SSSR count). The maximum atomic E-state index is 4.45. The van der Waals surface area contributed by atoms with Crippen LogP contribution in [0, 0.1) is 13.8 Å². The summed E-state index contributed by atoms with van der Waals surface area (Å²) in [5.41, 5.74) is 2.06. The summed E-state index contributed by atoms with van der Waals surface area (Å²) in [5, 5.41) is 5.61. The number of nitrogens with one attached hydrogen (secondary N) is 1. The lowest BCUT2D eigenvalue weighted by Crippen LogP contribution is -2.07. The first kappa shape index (κ1) is 13.0. The van der Waals surface area contributed by atoms with Gasteiger partial charge in [-0.1, -0.05) is 6.07 Å². The molecule has 0 amide bonds. The van der Waals surface area contributed by atoms with E-state index in [0.29, 0.717) is 0 Å². The molecule has 0 fully saturated rings. The maximum Gasteiger partial charge on any atom is 0.152 e. The first-order valence-corrected chi connectivity index (χ1v) is 7.42. The van der Waals surface area contributed by atoms with Crippen LogP contribution in [0.2, 0.25) is 0 Å². The molecule has 0 aliphatic heterocycles. The molecule has 20 heavy (non-hydrogen) atoms. The molecule has 5 heteroatoms. The predicted molar refractivity (Wildman–Crippen MR) is 83.3 cm³/mol. The molecule has 0 saturated heterocycles. The fourth-order valence-corrected chi connectivity index (χ4v) is 3.17. The van der Waals surface area contributed by atoms with Gasteiger partial charge < -0.3 is 5.32 Å². The van der Waals surface area contributed by atoms with E-state index in [4.69, 9.17) is 0 Å². The molecule has 0 spiro atoms. The minimum absolute atomic E-state index is 0.838. The Labute approximate surface area is 121 Å². The van der Waals surface area contributed by atoms with Crippen LogP contribution in [0.4, 0.5) is 5.82 Å². The van der Waals surface area contributed by atoms with Gasteiger partial charge in [0, 0.05) is 35.6 Å². The Morgan fingerprint density at radius 1 is 1.15 bits per heavy atom. The van der Waals surface area contributed by atoms with Crippen LogP contribution in [0.1, 0.15) is 15.6 Å². The first-order chi connectivity index (χ1) is 9.74. The molecule has 3 heterocycles. The molecule has 102 valence electrons. The van der Waals surface area contributed by atoms with Crippen LogP contribution in [-0.2, 0) is 6.42 Å². The molecule has 0 bridgehead atoms. The van der Waals surface area contributed by atoms with Crippen LogP contribution >= 0.6 is 11.3 Å². The SMILES string of the molecule is Cc1nc(C)c(CCNc2nccc3cccnc23)s1. The monoisotopic (exact) mass is 284 g/mol. The molecule has 0 aromatic carbocycles. The Morgan fingerprint density at radius 2 is 2.05 bits per heavy atom. The predicted octanol–water partition coefficient (Wildman–Crippen LogP) is 3.36. The second-order valence-corrected chi connectivity index (χ2v) is 5.94. The zero-order valence-electron chi connectivity index (χ0n) is 11.6. The van der Waals surface area contributed by atoms with Gasteiger partial charge in [-0.25, -0.2) is 9.97 Å². The summed E-state index contributed by atoms with van der Waals surface area (Å²) in [6.45, 7) is 4.95. The number of fused-ring (bicyclic) bond motifs is 1. The van der Waals surface area contributed by atoms with Gasteiger partial charge in [-0.2, -0.15) is 0 Å². The van der Waals surface area contributed by atoms with E-state index in [2.05, 4.69) is 27.2 Å². The van der Waals surface area contributed by atoms with Crippen molar-refractivity contribution in [1.82, 2.24) is 15.0 Å². The third-order valence-corrected chi connectivity index (χ3v) is 4.30. The summed E-state index contributed by atoms with van der Waals surface area (Å²) in [7, 11) is 0. The minimum Gasteiger partial charge on any atom is -0.368 e. The van der Waals surface area contributed by atoms with Gasteiger partial charge in [0.25, 0.3) is 0 Å². The van der Waals surface area contributed by atoms with Gasteiger partial charge in [-0.15, -0.1) is 11.3 Å². The normalized spacial score (nSPS) is 10.9. The number of thiazole rings is 1. The van der Waals surface area contributed by atoms with Crippen molar-refractivity contribution in [2.75, 3.05) is 11.9 Å². The van der Waals surface area contributed by atoms with Crippen LogP contribution in [0.5, 0.6) is 0 Å². The van der Waals surface area contributed by atoms with Gasteiger partial charge in [0.1, 0.15) is 5.52 Å². The Hall–Kier alpha value is -2.01. The number of hydrogen-bond acceptors (Lipinski definition) is 5. The van der Waals surface area contributed by atoms with Crippen molar-refractivity contribution < 1.29 is 0 Å². The Kier molecular flexibility index (Phi) is 3.60. The average Bonchev–Trinajstić information content (AvgIpc) is 2.77. The maximum absolute atomic E-state index is 4.45. The molecule has 0 saturated carbocycles. The van der Waals surface area contributed by atoms with Crippen molar-refractivity contribution in [3.8, 4) is 0 Å². The van der Waals surface area contributed by atoms with E-state index >= 15 is 0 Å². The van der Waals surface area contributed by atoms with Crippen molar-refractivity contribution in [1.29, 1.82) is 0 Å². The van der Waals surface area contributed by atoms with E-state index in [0.717, 1.165) is 40.4 Å². The lowest BCUT2D eigenvalue weighted by atomic mass is 10.2. The molecule has 3 aromatic heterocycles. The Balaban J connectivity index is 1.73. The standard InChI is InChI=1S/C15H16N4S/c1-10-13(20-11(2)19-10)6-9-18-15-14-12(5-8-17-15)4-3-7-16-14/h3-5,7-8H,6,9H2,1-2H3,(H,17,18). The van der Waals surface area contributed by atoms with Gasteiger partial charge in [0.15, 0.2) is 5.82 Å². The quantitative estimate of drug-likeness (QED) is 0.798. The van der Waals surface area contributed by atoms with E-state index in [1.165, 1.54) is 4.88 Å². The van der Waals surface area contributed by atoms with Crippen LogP contribution in [0.25, 0.3) is 10.9 Å². The second kappa shape index (κ2) is 5.54. The largest absolute Gasteiger partial charge is 0.368 e. The summed E-state index contributed by atoms with van der Waals surface area (Å²) in [4.78, 5) is 14.6. The molecule has 1 N–H and O–H groups in total. The fourth-order valence-electron chi connectivity index (χ4n) is 2.23. The van der Waals surface area contributed by atoms with E-state index < -0.39 is 0 Å². The Bertz CT molecular complexity index is 730. The van der Waals surface area contributed by atoms with Crippen molar-refractivity contribution >= 4 is 28.1 Å². The number of aromatic nitrogens is 3. The zero-order valence-corrected chi connectivity index (χ0v) is 12.4. The minimum atomic E-state index is 0.838. The van der Waals surface area contributed by atoms with E-state index in [1.54, 1.807) is 17.5 Å². The average molecular weight is 284 g/mol. The number of rotatable bonds is 4. The van der Waals surface area contributed by atoms with Crippen molar-refractivity contribution in [3.05, 3.63) is 46.2 Å². The number of nitrogens with zero attached hydrogens (tertiary/aromatic N) is 3. The summed E-state index contributed by atoms with van der Waals surface area (Å²) in [6.07, 6.45) is 4.57. The number of anilines is 1. The molecule has 0 radical (unpaired) electrons. The highest BCUT2D eigenvalue weighted by atomic mass is 32.1. The summed E-state index contributed by atoms with van der Waals surface area (Å²) >= 11 is 1.77. The Morgan fingerprint density at radius 3 is 2.85 bits per heavy atom. The molecule has 0 atom stereocenters. The lowest BCUT2D eigenvalue weighted by Gasteiger charge is -2.07. The number of aryl methyl sites for hydroxylation is 2. The van der Waals surface area contributed by atoms with Crippen molar-refractivity contribution in [2.24, 2.45) is 0 Å². The third-order valence-electron chi connectivity index (χ3n) is 3.17. The van der Waals surface area contributed by atoms with E-state index in [1.807, 2.05) is 31.3 Å². The summed E-state index contributed by atoms with van der Waals surface area (Å²) in [5.74, 6) is 0.849. The van der Waals surface area contributed by atoms with Crippen LogP contribution < -0.4 is 5.32 Å².